The molecule has 4 N–H and O–H groups in total. The van der Waals surface area contributed by atoms with Gasteiger partial charge in [0.25, 0.3) is 5.91 Å². The number of nitrogen functional groups attached to an aromatic ring is 1. The van der Waals surface area contributed by atoms with Crippen LogP contribution >= 0.6 is 11.3 Å². The average molecular weight is 475 g/mol. The molecule has 3 aromatic rings. The minimum absolute atomic E-state index is 0.0395. The zero-order chi connectivity index (χ0) is 23.1. The topological polar surface area (TPSA) is 105 Å². The number of amides is 1. The first-order chi connectivity index (χ1) is 15.9. The van der Waals surface area contributed by atoms with E-state index in [-0.39, 0.29) is 48.0 Å². The lowest BCUT2D eigenvalue weighted by molar-refractivity contribution is 0.0389. The van der Waals surface area contributed by atoms with Crippen molar-refractivity contribution in [2.24, 2.45) is 0 Å². The van der Waals surface area contributed by atoms with Gasteiger partial charge in [0, 0.05) is 38.4 Å². The van der Waals surface area contributed by atoms with E-state index in [1.54, 1.807) is 6.20 Å². The number of carbonyl (C=O) groups excluding carboxylic acids is 1. The predicted molar refractivity (Wildman–Crippen MR) is 123 cm³/mol. The van der Waals surface area contributed by atoms with Crippen LogP contribution in [0.5, 0.6) is 0 Å². The van der Waals surface area contributed by atoms with Crippen molar-refractivity contribution in [1.82, 2.24) is 20.6 Å². The Kier molecular flexibility index (Phi) is 5.85. The monoisotopic (exact) mass is 474 g/mol. The van der Waals surface area contributed by atoms with Gasteiger partial charge in [0.1, 0.15) is 26.9 Å². The molecule has 2 aromatic heterocycles. The van der Waals surface area contributed by atoms with Gasteiger partial charge in [-0.15, -0.1) is 11.3 Å². The Morgan fingerprint density at radius 2 is 2.21 bits per heavy atom. The van der Waals surface area contributed by atoms with Gasteiger partial charge < -0.3 is 26.0 Å². The summed E-state index contributed by atoms with van der Waals surface area (Å²) >= 11 is 1.16. The van der Waals surface area contributed by atoms with Crippen molar-refractivity contribution < 1.29 is 18.3 Å². The Balaban J connectivity index is 1.26. The third-order valence-corrected chi connectivity index (χ3v) is 7.08. The molecule has 0 spiro atoms. The highest BCUT2D eigenvalue weighted by molar-refractivity contribution is 7.21. The average Bonchev–Trinajstić information content (AvgIpc) is 2.95. The molecule has 1 amide bonds. The van der Waals surface area contributed by atoms with Crippen LogP contribution in [0.15, 0.2) is 18.3 Å². The molecule has 3 aliphatic heterocycles. The van der Waals surface area contributed by atoms with Crippen LogP contribution in [-0.2, 0) is 11.2 Å². The maximum absolute atomic E-state index is 14.9. The van der Waals surface area contributed by atoms with Gasteiger partial charge in [-0.3, -0.25) is 4.79 Å². The second kappa shape index (κ2) is 8.81. The van der Waals surface area contributed by atoms with Gasteiger partial charge in [-0.25, -0.2) is 18.7 Å². The third kappa shape index (κ3) is 4.23. The quantitative estimate of drug-likeness (QED) is 0.520. The van der Waals surface area contributed by atoms with Gasteiger partial charge >= 0.3 is 0 Å². The lowest BCUT2D eigenvalue weighted by Crippen LogP contribution is -2.49. The molecule has 174 valence electrons. The van der Waals surface area contributed by atoms with Crippen LogP contribution < -0.4 is 21.3 Å². The molecule has 1 aromatic carbocycles. The Bertz CT molecular complexity index is 1220. The number of nitrogens with one attached hydrogen (secondary N) is 2. The molecule has 2 unspecified atom stereocenters. The predicted octanol–water partition coefficient (Wildman–Crippen LogP) is 2.01. The lowest BCUT2D eigenvalue weighted by Gasteiger charge is -2.38. The standard InChI is InChI=1S/C22H24F2N6O2S/c1-11-6-28-19-18(25)20(33-22(19)29-11)21(31)27-3-2-12-4-16(24)17(5-15(12)23)30-9-14-8-26-7-13(30)10-32-14/h4-6,13-14,26H,2-3,7-10,25H2,1H3,(H,27,31). The van der Waals surface area contributed by atoms with Gasteiger partial charge in [0.15, 0.2) is 0 Å². The number of carbonyl (C=O) groups is 1. The third-order valence-electron chi connectivity index (χ3n) is 5.99. The normalized spacial score (nSPS) is 20.3. The van der Waals surface area contributed by atoms with Crippen LogP contribution in [0, 0.1) is 18.6 Å². The number of nitrogens with two attached hydrogens (primary N) is 1. The molecule has 2 bridgehead atoms. The fraction of sp³-hybridized carbons (Fsp3) is 0.409. The minimum atomic E-state index is -0.500. The van der Waals surface area contributed by atoms with Gasteiger partial charge in [0.05, 0.1) is 35.8 Å². The van der Waals surface area contributed by atoms with E-state index in [1.165, 1.54) is 12.1 Å². The van der Waals surface area contributed by atoms with Crippen LogP contribution in [0.25, 0.3) is 10.3 Å². The van der Waals surface area contributed by atoms with Crippen LogP contribution in [0.3, 0.4) is 0 Å². The van der Waals surface area contributed by atoms with Crippen molar-refractivity contribution >= 4 is 39.0 Å². The number of aromatic nitrogens is 2. The second-order valence-corrected chi connectivity index (χ2v) is 9.33. The number of halogens is 2. The van der Waals surface area contributed by atoms with E-state index >= 15 is 0 Å². The molecule has 3 aliphatic rings. The van der Waals surface area contributed by atoms with Crippen LogP contribution in [-0.4, -0.2) is 60.8 Å². The Hall–Kier alpha value is -2.89. The largest absolute Gasteiger partial charge is 0.396 e. The number of benzene rings is 1. The van der Waals surface area contributed by atoms with Gasteiger partial charge in [-0.1, -0.05) is 0 Å². The molecule has 5 heterocycles. The van der Waals surface area contributed by atoms with Crippen molar-refractivity contribution in [2.75, 3.05) is 43.4 Å². The van der Waals surface area contributed by atoms with E-state index in [9.17, 15) is 13.6 Å². The van der Waals surface area contributed by atoms with E-state index in [0.29, 0.717) is 41.5 Å². The highest BCUT2D eigenvalue weighted by Gasteiger charge is 2.33. The minimum Gasteiger partial charge on any atom is -0.396 e. The molecule has 0 aliphatic carbocycles. The number of aryl methyl sites for hydroxylation is 1. The van der Waals surface area contributed by atoms with Crippen molar-refractivity contribution in [1.29, 1.82) is 0 Å². The summed E-state index contributed by atoms with van der Waals surface area (Å²) in [5, 5.41) is 6.01. The van der Waals surface area contributed by atoms with Gasteiger partial charge in [0.2, 0.25) is 0 Å². The van der Waals surface area contributed by atoms with Crippen LogP contribution in [0.1, 0.15) is 20.9 Å². The van der Waals surface area contributed by atoms with Crippen LogP contribution in [0.2, 0.25) is 0 Å². The number of fused-ring (bicyclic) bond motifs is 5. The maximum atomic E-state index is 14.9. The first-order valence-electron chi connectivity index (χ1n) is 10.8. The number of hydrogen-bond acceptors (Lipinski definition) is 8. The molecule has 2 atom stereocenters. The SMILES string of the molecule is Cc1cnc2c(N)c(C(=O)NCCc3cc(F)c(N4CC5CNCC4CO5)cc3F)sc2n1. The number of morpholine rings is 1. The summed E-state index contributed by atoms with van der Waals surface area (Å²) in [6.07, 6.45) is 1.69. The zero-order valence-corrected chi connectivity index (χ0v) is 18.8. The number of anilines is 2. The number of rotatable bonds is 5. The summed E-state index contributed by atoms with van der Waals surface area (Å²) in [5.74, 6) is -1.37. The summed E-state index contributed by atoms with van der Waals surface area (Å²) in [7, 11) is 0. The van der Waals surface area contributed by atoms with E-state index in [1.807, 2.05) is 11.8 Å². The molecular weight excluding hydrogens is 450 g/mol. The summed E-state index contributed by atoms with van der Waals surface area (Å²) in [4.78, 5) is 24.0. The smallest absolute Gasteiger partial charge is 0.263 e. The Morgan fingerprint density at radius 3 is 3.06 bits per heavy atom. The highest BCUT2D eigenvalue weighted by Crippen LogP contribution is 2.31. The summed E-state index contributed by atoms with van der Waals surface area (Å²) < 4.78 is 35.5. The molecule has 8 nitrogen and oxygen atoms in total. The summed E-state index contributed by atoms with van der Waals surface area (Å²) in [6, 6.07) is 2.42. The molecule has 0 radical (unpaired) electrons. The van der Waals surface area contributed by atoms with Crippen molar-refractivity contribution in [3.05, 3.63) is 46.1 Å². The van der Waals surface area contributed by atoms with Crippen molar-refractivity contribution in [2.45, 2.75) is 25.5 Å². The fourth-order valence-corrected chi connectivity index (χ4v) is 5.29. The molecule has 11 heteroatoms. The van der Waals surface area contributed by atoms with Gasteiger partial charge in [-0.2, -0.15) is 0 Å². The van der Waals surface area contributed by atoms with E-state index in [2.05, 4.69) is 20.6 Å². The zero-order valence-electron chi connectivity index (χ0n) is 18.0. The molecule has 33 heavy (non-hydrogen) atoms. The fourth-order valence-electron chi connectivity index (χ4n) is 4.28. The summed E-state index contributed by atoms with van der Waals surface area (Å²) in [5.41, 5.74) is 8.00. The van der Waals surface area contributed by atoms with E-state index < -0.39 is 11.6 Å². The number of thiophene rings is 1. The molecule has 6 rings (SSSR count). The second-order valence-electron chi connectivity index (χ2n) is 8.33. The van der Waals surface area contributed by atoms with Crippen LogP contribution in [0.4, 0.5) is 20.2 Å². The van der Waals surface area contributed by atoms with Crippen molar-refractivity contribution in [3.8, 4) is 0 Å². The maximum Gasteiger partial charge on any atom is 0.263 e. The van der Waals surface area contributed by atoms with Gasteiger partial charge in [-0.05, 0) is 25.0 Å². The molecule has 3 saturated heterocycles. The number of ether oxygens (including phenoxy) is 1. The Labute approximate surface area is 193 Å². The molecule has 3 fully saturated rings. The van der Waals surface area contributed by atoms with Crippen molar-refractivity contribution in [3.63, 3.8) is 0 Å². The highest BCUT2D eigenvalue weighted by atomic mass is 32.1. The van der Waals surface area contributed by atoms with E-state index in [0.717, 1.165) is 17.0 Å². The number of nitrogens with zero attached hydrogens (tertiary/aromatic N) is 3. The lowest BCUT2D eigenvalue weighted by atomic mass is 10.1. The summed E-state index contributed by atoms with van der Waals surface area (Å²) in [6.45, 7) is 4.31. The number of hydrogen-bond donors (Lipinski definition) is 3. The van der Waals surface area contributed by atoms with E-state index in [4.69, 9.17) is 10.5 Å². The molecule has 0 saturated carbocycles. The molecular formula is C22H24F2N6O2S. The Morgan fingerprint density at radius 1 is 1.36 bits per heavy atom. The first-order valence-corrected chi connectivity index (χ1v) is 11.6. The first kappa shape index (κ1) is 21.9.